The predicted octanol–water partition coefficient (Wildman–Crippen LogP) is 2.72. The molecule has 1 saturated heterocycles. The van der Waals surface area contributed by atoms with Gasteiger partial charge in [0.2, 0.25) is 5.91 Å². The molecule has 6 heteroatoms. The summed E-state index contributed by atoms with van der Waals surface area (Å²) >= 11 is 0. The number of aryl methyl sites for hydroxylation is 3. The molecule has 1 aliphatic heterocycles. The fraction of sp³-hybridized carbons (Fsp3) is 0.562. The minimum absolute atomic E-state index is 0.00637. The Morgan fingerprint density at radius 1 is 1.32 bits per heavy atom. The monoisotopic (exact) mass is 302 g/mol. The second-order valence-electron chi connectivity index (χ2n) is 6.11. The lowest BCUT2D eigenvalue weighted by molar-refractivity contribution is -0.136. The van der Waals surface area contributed by atoms with Gasteiger partial charge in [0, 0.05) is 18.3 Å². The number of aromatic nitrogens is 3. The molecule has 0 spiro atoms. The Bertz CT molecular complexity index is 688. The van der Waals surface area contributed by atoms with Gasteiger partial charge < -0.3 is 9.42 Å². The third-order valence-corrected chi connectivity index (χ3v) is 4.28. The minimum atomic E-state index is -0.307. The van der Waals surface area contributed by atoms with Crippen LogP contribution in [0.5, 0.6) is 0 Å². The van der Waals surface area contributed by atoms with Crippen molar-refractivity contribution in [2.24, 2.45) is 0 Å². The van der Waals surface area contributed by atoms with Crippen LogP contribution in [0.25, 0.3) is 0 Å². The fourth-order valence-corrected chi connectivity index (χ4v) is 3.25. The second kappa shape index (κ2) is 5.59. The standard InChI is InChI=1S/C16H22N4O2/c1-10-8-12(3)20(17-10)13(4)16(21)19-7-5-6-14(19)15-9-11(2)18-22-15/h8-9,13-14H,5-7H2,1-4H3/t13-,14-/m1/s1. The van der Waals surface area contributed by atoms with Crippen LogP contribution in [0.3, 0.4) is 0 Å². The van der Waals surface area contributed by atoms with E-state index in [-0.39, 0.29) is 18.0 Å². The zero-order valence-electron chi connectivity index (χ0n) is 13.5. The van der Waals surface area contributed by atoms with E-state index in [0.717, 1.165) is 42.2 Å². The summed E-state index contributed by atoms with van der Waals surface area (Å²) in [6.07, 6.45) is 1.91. The third-order valence-electron chi connectivity index (χ3n) is 4.28. The van der Waals surface area contributed by atoms with E-state index >= 15 is 0 Å². The molecular formula is C16H22N4O2. The van der Waals surface area contributed by atoms with Crippen LogP contribution in [0.15, 0.2) is 16.7 Å². The summed E-state index contributed by atoms with van der Waals surface area (Å²) in [6, 6.07) is 3.60. The van der Waals surface area contributed by atoms with Gasteiger partial charge in [-0.2, -0.15) is 5.10 Å². The number of likely N-dealkylation sites (tertiary alicyclic amines) is 1. The van der Waals surface area contributed by atoms with Crippen molar-refractivity contribution in [2.45, 2.75) is 52.6 Å². The first kappa shape index (κ1) is 14.8. The first-order chi connectivity index (χ1) is 10.5. The van der Waals surface area contributed by atoms with Gasteiger partial charge in [0.25, 0.3) is 0 Å². The summed E-state index contributed by atoms with van der Waals surface area (Å²) in [5, 5.41) is 8.38. The van der Waals surface area contributed by atoms with Crippen molar-refractivity contribution in [3.8, 4) is 0 Å². The van der Waals surface area contributed by atoms with E-state index in [1.807, 2.05) is 44.7 Å². The lowest BCUT2D eigenvalue weighted by Crippen LogP contribution is -2.36. The highest BCUT2D eigenvalue weighted by Crippen LogP contribution is 2.34. The summed E-state index contributed by atoms with van der Waals surface area (Å²) in [7, 11) is 0. The van der Waals surface area contributed by atoms with Crippen molar-refractivity contribution in [3.63, 3.8) is 0 Å². The van der Waals surface area contributed by atoms with Crippen LogP contribution in [0, 0.1) is 20.8 Å². The molecule has 1 aliphatic rings. The molecule has 0 aromatic carbocycles. The molecule has 6 nitrogen and oxygen atoms in total. The molecule has 0 aliphatic carbocycles. The van der Waals surface area contributed by atoms with E-state index in [2.05, 4.69) is 10.3 Å². The molecule has 22 heavy (non-hydrogen) atoms. The van der Waals surface area contributed by atoms with Gasteiger partial charge in [-0.1, -0.05) is 5.16 Å². The Hall–Kier alpha value is -2.11. The Balaban J connectivity index is 1.83. The molecule has 2 aromatic rings. The summed E-state index contributed by atoms with van der Waals surface area (Å²) in [6.45, 7) is 8.48. The van der Waals surface area contributed by atoms with Gasteiger partial charge in [0.15, 0.2) is 5.76 Å². The summed E-state index contributed by atoms with van der Waals surface area (Å²) in [5.74, 6) is 0.867. The molecule has 0 unspecified atom stereocenters. The number of hydrogen-bond donors (Lipinski definition) is 0. The predicted molar refractivity (Wildman–Crippen MR) is 81.3 cm³/mol. The highest BCUT2D eigenvalue weighted by molar-refractivity contribution is 5.80. The van der Waals surface area contributed by atoms with Gasteiger partial charge in [0.1, 0.15) is 6.04 Å². The van der Waals surface area contributed by atoms with Crippen molar-refractivity contribution in [1.29, 1.82) is 0 Å². The topological polar surface area (TPSA) is 64.2 Å². The van der Waals surface area contributed by atoms with Crippen molar-refractivity contribution in [2.75, 3.05) is 6.54 Å². The summed E-state index contributed by atoms with van der Waals surface area (Å²) in [5.41, 5.74) is 2.78. The van der Waals surface area contributed by atoms with E-state index in [9.17, 15) is 4.79 Å². The van der Waals surface area contributed by atoms with E-state index in [4.69, 9.17) is 4.52 Å². The molecule has 1 amide bonds. The third kappa shape index (κ3) is 2.53. The highest BCUT2D eigenvalue weighted by Gasteiger charge is 2.35. The van der Waals surface area contributed by atoms with Crippen LogP contribution in [0.2, 0.25) is 0 Å². The van der Waals surface area contributed by atoms with Crippen molar-refractivity contribution in [3.05, 3.63) is 35.0 Å². The first-order valence-electron chi connectivity index (χ1n) is 7.74. The van der Waals surface area contributed by atoms with Gasteiger partial charge in [-0.3, -0.25) is 9.48 Å². The normalized spacial score (nSPS) is 19.6. The molecule has 1 fully saturated rings. The van der Waals surface area contributed by atoms with Gasteiger partial charge in [-0.15, -0.1) is 0 Å². The van der Waals surface area contributed by atoms with Crippen LogP contribution in [0.4, 0.5) is 0 Å². The molecule has 118 valence electrons. The van der Waals surface area contributed by atoms with E-state index in [1.165, 1.54) is 0 Å². The second-order valence-corrected chi connectivity index (χ2v) is 6.11. The Morgan fingerprint density at radius 3 is 2.68 bits per heavy atom. The maximum atomic E-state index is 12.9. The maximum absolute atomic E-state index is 12.9. The highest BCUT2D eigenvalue weighted by atomic mass is 16.5. The average Bonchev–Trinajstić information content (AvgIpc) is 3.17. The largest absolute Gasteiger partial charge is 0.359 e. The Kier molecular flexibility index (Phi) is 3.76. The average molecular weight is 302 g/mol. The molecule has 0 N–H and O–H groups in total. The number of carbonyl (C=O) groups excluding carboxylic acids is 1. The summed E-state index contributed by atoms with van der Waals surface area (Å²) in [4.78, 5) is 14.8. The van der Waals surface area contributed by atoms with Crippen LogP contribution < -0.4 is 0 Å². The van der Waals surface area contributed by atoms with Crippen molar-refractivity contribution >= 4 is 5.91 Å². The van der Waals surface area contributed by atoms with Gasteiger partial charge in [-0.05, 0) is 46.6 Å². The zero-order valence-corrected chi connectivity index (χ0v) is 13.5. The lowest BCUT2D eigenvalue weighted by atomic mass is 10.1. The van der Waals surface area contributed by atoms with Gasteiger partial charge >= 0.3 is 0 Å². The zero-order chi connectivity index (χ0) is 15.9. The smallest absolute Gasteiger partial charge is 0.247 e. The molecule has 3 heterocycles. The van der Waals surface area contributed by atoms with Gasteiger partial charge in [0.05, 0.1) is 17.4 Å². The molecular weight excluding hydrogens is 280 g/mol. The first-order valence-corrected chi connectivity index (χ1v) is 7.74. The number of carbonyl (C=O) groups is 1. The molecule has 2 atom stereocenters. The van der Waals surface area contributed by atoms with Crippen LogP contribution >= 0.6 is 0 Å². The molecule has 0 bridgehead atoms. The molecule has 0 saturated carbocycles. The van der Waals surface area contributed by atoms with E-state index < -0.39 is 0 Å². The minimum Gasteiger partial charge on any atom is -0.359 e. The van der Waals surface area contributed by atoms with Crippen LogP contribution in [-0.2, 0) is 4.79 Å². The van der Waals surface area contributed by atoms with Crippen molar-refractivity contribution < 1.29 is 9.32 Å². The SMILES string of the molecule is Cc1cc([C@H]2CCCN2C(=O)[C@@H](C)n2nc(C)cc2C)on1. The van der Waals surface area contributed by atoms with E-state index in [0.29, 0.717) is 0 Å². The fourth-order valence-electron chi connectivity index (χ4n) is 3.25. The van der Waals surface area contributed by atoms with E-state index in [1.54, 1.807) is 4.68 Å². The number of amides is 1. The number of rotatable bonds is 3. The van der Waals surface area contributed by atoms with Crippen molar-refractivity contribution in [1.82, 2.24) is 19.8 Å². The molecule has 0 radical (unpaired) electrons. The molecule has 2 aromatic heterocycles. The quantitative estimate of drug-likeness (QED) is 0.874. The van der Waals surface area contributed by atoms with Gasteiger partial charge in [-0.25, -0.2) is 0 Å². The van der Waals surface area contributed by atoms with Crippen LogP contribution in [-0.4, -0.2) is 32.3 Å². The molecule has 3 rings (SSSR count). The maximum Gasteiger partial charge on any atom is 0.247 e. The Morgan fingerprint density at radius 2 is 2.09 bits per heavy atom. The number of hydrogen-bond acceptors (Lipinski definition) is 4. The Labute approximate surface area is 130 Å². The summed E-state index contributed by atoms with van der Waals surface area (Å²) < 4.78 is 7.18. The lowest BCUT2D eigenvalue weighted by Gasteiger charge is -2.26. The number of nitrogens with zero attached hydrogens (tertiary/aromatic N) is 4. The van der Waals surface area contributed by atoms with Crippen LogP contribution in [0.1, 0.15) is 54.7 Å².